The second kappa shape index (κ2) is 7.20. The smallest absolute Gasteiger partial charge is 0.337 e. The van der Waals surface area contributed by atoms with Crippen molar-refractivity contribution >= 4 is 27.9 Å². The van der Waals surface area contributed by atoms with E-state index in [1.807, 2.05) is 4.72 Å². The van der Waals surface area contributed by atoms with E-state index in [9.17, 15) is 22.8 Å². The molecule has 0 aliphatic carbocycles. The number of hydrogen-bond donors (Lipinski definition) is 2. The molecule has 0 amide bonds. The van der Waals surface area contributed by atoms with Gasteiger partial charge >= 0.3 is 17.9 Å². The van der Waals surface area contributed by atoms with Gasteiger partial charge in [0.25, 0.3) is 0 Å². The first-order valence-electron chi connectivity index (χ1n) is 6.19. The van der Waals surface area contributed by atoms with Crippen LogP contribution in [0.1, 0.15) is 27.6 Å². The van der Waals surface area contributed by atoms with Crippen LogP contribution in [0.5, 0.6) is 0 Å². The maximum Gasteiger partial charge on any atom is 0.337 e. The van der Waals surface area contributed by atoms with Crippen molar-refractivity contribution in [3.05, 3.63) is 29.3 Å². The van der Waals surface area contributed by atoms with Crippen LogP contribution in [-0.2, 0) is 24.3 Å². The minimum atomic E-state index is -4.28. The topological polar surface area (TPSA) is 136 Å². The van der Waals surface area contributed by atoms with Crippen LogP contribution in [0, 0.1) is 0 Å². The summed E-state index contributed by atoms with van der Waals surface area (Å²) in [5.74, 6) is -3.11. The van der Waals surface area contributed by atoms with Crippen molar-refractivity contribution in [1.82, 2.24) is 4.72 Å². The molecule has 126 valence electrons. The number of benzene rings is 1. The monoisotopic (exact) mass is 345 g/mol. The number of methoxy groups -OCH3 is 2. The lowest BCUT2D eigenvalue weighted by Gasteiger charge is -2.12. The van der Waals surface area contributed by atoms with Gasteiger partial charge in [-0.15, -0.1) is 0 Å². The van der Waals surface area contributed by atoms with Crippen LogP contribution >= 0.6 is 0 Å². The van der Waals surface area contributed by atoms with Gasteiger partial charge in [-0.25, -0.2) is 18.0 Å². The van der Waals surface area contributed by atoms with E-state index >= 15 is 0 Å². The summed E-state index contributed by atoms with van der Waals surface area (Å²) in [4.78, 5) is 33.5. The summed E-state index contributed by atoms with van der Waals surface area (Å²) in [6.07, 6.45) is 0. The van der Waals surface area contributed by atoms with E-state index in [-0.39, 0.29) is 11.1 Å². The molecule has 0 aromatic heterocycles. The molecule has 0 spiro atoms. The normalized spacial score (nSPS) is 12.3. The highest BCUT2D eigenvalue weighted by atomic mass is 32.2. The van der Waals surface area contributed by atoms with Crippen molar-refractivity contribution in [2.45, 2.75) is 17.9 Å². The van der Waals surface area contributed by atoms with E-state index in [0.29, 0.717) is 0 Å². The predicted octanol–water partition coefficient (Wildman–Crippen LogP) is 0.0112. The fourth-order valence-electron chi connectivity index (χ4n) is 1.58. The van der Waals surface area contributed by atoms with Gasteiger partial charge in [-0.05, 0) is 25.1 Å². The number of sulfonamides is 1. The van der Waals surface area contributed by atoms with Crippen LogP contribution in [0.2, 0.25) is 0 Å². The third-order valence-electron chi connectivity index (χ3n) is 2.76. The quantitative estimate of drug-likeness (QED) is 0.688. The third kappa shape index (κ3) is 4.50. The standard InChI is InChI=1S/C13H15NO8S/c1-7(11(15)16)14-23(19,20)10-5-8(12(17)21-2)4-9(6-10)13(18)22-3/h4-7,14H,1-3H3,(H,15,16)/t7-/m0/s1. The Kier molecular flexibility index (Phi) is 5.82. The molecular weight excluding hydrogens is 330 g/mol. The van der Waals surface area contributed by atoms with Gasteiger partial charge < -0.3 is 14.6 Å². The fraction of sp³-hybridized carbons (Fsp3) is 0.308. The number of ether oxygens (including phenoxy) is 2. The lowest BCUT2D eigenvalue weighted by Crippen LogP contribution is -2.38. The summed E-state index contributed by atoms with van der Waals surface area (Å²) in [5, 5.41) is 8.78. The van der Waals surface area contributed by atoms with Crippen molar-refractivity contribution in [2.24, 2.45) is 0 Å². The summed E-state index contributed by atoms with van der Waals surface area (Å²) in [5.41, 5.74) is -0.391. The summed E-state index contributed by atoms with van der Waals surface area (Å²) < 4.78 is 35.3. The number of hydrogen-bond acceptors (Lipinski definition) is 7. The summed E-state index contributed by atoms with van der Waals surface area (Å²) in [6.45, 7) is 1.13. The maximum atomic E-state index is 12.2. The van der Waals surface area contributed by atoms with E-state index in [0.717, 1.165) is 39.3 Å². The van der Waals surface area contributed by atoms with Crippen molar-refractivity contribution < 1.29 is 37.4 Å². The Hall–Kier alpha value is -2.46. The van der Waals surface area contributed by atoms with Crippen molar-refractivity contribution in [1.29, 1.82) is 0 Å². The van der Waals surface area contributed by atoms with E-state index in [1.165, 1.54) is 0 Å². The molecular formula is C13H15NO8S. The second-order valence-corrected chi connectivity index (χ2v) is 6.12. The number of esters is 2. The first-order chi connectivity index (χ1) is 10.6. The number of carboxylic acids is 1. The maximum absolute atomic E-state index is 12.2. The van der Waals surface area contributed by atoms with E-state index in [4.69, 9.17) is 5.11 Å². The first-order valence-corrected chi connectivity index (χ1v) is 7.67. The van der Waals surface area contributed by atoms with Gasteiger partial charge in [0.1, 0.15) is 6.04 Å². The zero-order chi connectivity index (χ0) is 17.8. The lowest BCUT2D eigenvalue weighted by molar-refractivity contribution is -0.138. The van der Waals surface area contributed by atoms with Crippen LogP contribution in [0.4, 0.5) is 0 Å². The van der Waals surface area contributed by atoms with Gasteiger partial charge in [0.2, 0.25) is 10.0 Å². The largest absolute Gasteiger partial charge is 0.480 e. The number of carbonyl (C=O) groups is 3. The van der Waals surface area contributed by atoms with Gasteiger partial charge in [0.15, 0.2) is 0 Å². The van der Waals surface area contributed by atoms with E-state index in [1.54, 1.807) is 0 Å². The van der Waals surface area contributed by atoms with Crippen molar-refractivity contribution in [3.63, 3.8) is 0 Å². The highest BCUT2D eigenvalue weighted by Crippen LogP contribution is 2.17. The molecule has 1 aromatic carbocycles. The van der Waals surface area contributed by atoms with Crippen LogP contribution in [0.15, 0.2) is 23.1 Å². The minimum absolute atomic E-state index is 0.196. The Bertz CT molecular complexity index is 706. The SMILES string of the molecule is COC(=O)c1cc(C(=O)OC)cc(S(=O)(=O)N[C@@H](C)C(=O)O)c1. The molecule has 0 heterocycles. The van der Waals surface area contributed by atoms with Crippen LogP contribution in [0.25, 0.3) is 0 Å². The van der Waals surface area contributed by atoms with Crippen LogP contribution in [0.3, 0.4) is 0 Å². The molecule has 0 saturated heterocycles. The molecule has 23 heavy (non-hydrogen) atoms. The Labute approximate surface area is 132 Å². The molecule has 0 fully saturated rings. The van der Waals surface area contributed by atoms with Crippen LogP contribution < -0.4 is 4.72 Å². The third-order valence-corrected chi connectivity index (χ3v) is 4.28. The second-order valence-electron chi connectivity index (χ2n) is 4.41. The Morgan fingerprint density at radius 3 is 1.83 bits per heavy atom. The number of carbonyl (C=O) groups excluding carboxylic acids is 2. The molecule has 10 heteroatoms. The number of aliphatic carboxylic acids is 1. The van der Waals surface area contributed by atoms with Crippen molar-refractivity contribution in [3.8, 4) is 0 Å². The van der Waals surface area contributed by atoms with Crippen LogP contribution in [-0.4, -0.2) is 51.7 Å². The molecule has 0 aliphatic heterocycles. The van der Waals surface area contributed by atoms with Crippen molar-refractivity contribution in [2.75, 3.05) is 14.2 Å². The lowest BCUT2D eigenvalue weighted by atomic mass is 10.1. The van der Waals surface area contributed by atoms with E-state index in [2.05, 4.69) is 9.47 Å². The molecule has 9 nitrogen and oxygen atoms in total. The molecule has 1 rings (SSSR count). The highest BCUT2D eigenvalue weighted by molar-refractivity contribution is 7.89. The molecule has 1 aromatic rings. The fourth-order valence-corrected chi connectivity index (χ4v) is 2.84. The number of rotatable bonds is 6. The molecule has 0 saturated carbocycles. The van der Waals surface area contributed by atoms with Gasteiger partial charge in [-0.1, -0.05) is 0 Å². The highest BCUT2D eigenvalue weighted by Gasteiger charge is 2.24. The Morgan fingerprint density at radius 2 is 1.48 bits per heavy atom. The summed E-state index contributed by atoms with van der Waals surface area (Å²) in [7, 11) is -2.10. The van der Waals surface area contributed by atoms with Gasteiger partial charge in [0.05, 0.1) is 30.2 Å². The average molecular weight is 345 g/mol. The molecule has 2 N–H and O–H groups in total. The zero-order valence-electron chi connectivity index (χ0n) is 12.5. The van der Waals surface area contributed by atoms with Gasteiger partial charge in [0, 0.05) is 0 Å². The molecule has 0 bridgehead atoms. The molecule has 0 radical (unpaired) electrons. The molecule has 0 aliphatic rings. The molecule has 0 unspecified atom stereocenters. The van der Waals surface area contributed by atoms with Gasteiger partial charge in [-0.3, -0.25) is 4.79 Å². The number of carboxylic acid groups (broad SMARTS) is 1. The average Bonchev–Trinajstić information content (AvgIpc) is 2.52. The summed E-state index contributed by atoms with van der Waals surface area (Å²) >= 11 is 0. The Morgan fingerprint density at radius 1 is 1.04 bits per heavy atom. The Balaban J connectivity index is 3.42. The minimum Gasteiger partial charge on any atom is -0.480 e. The number of nitrogens with one attached hydrogen (secondary N) is 1. The predicted molar refractivity (Wildman–Crippen MR) is 76.5 cm³/mol. The molecule has 1 atom stereocenters. The van der Waals surface area contributed by atoms with E-state index < -0.39 is 38.9 Å². The van der Waals surface area contributed by atoms with Gasteiger partial charge in [-0.2, -0.15) is 4.72 Å². The first kappa shape index (κ1) is 18.6. The zero-order valence-corrected chi connectivity index (χ0v) is 13.3. The summed E-state index contributed by atoms with van der Waals surface area (Å²) in [6, 6.07) is 1.64.